The fourth-order valence-electron chi connectivity index (χ4n) is 2.43. The smallest absolute Gasteiger partial charge is 0.303 e. The molecule has 0 aromatic heterocycles. The Hall–Kier alpha value is -1.09. The lowest BCUT2D eigenvalue weighted by molar-refractivity contribution is -0.137. The summed E-state index contributed by atoms with van der Waals surface area (Å²) in [5.74, 6) is -0.553. The molecule has 0 aromatic carbocycles. The van der Waals surface area contributed by atoms with Crippen molar-refractivity contribution in [3.8, 4) is 0 Å². The molecule has 0 spiro atoms. The summed E-state index contributed by atoms with van der Waals surface area (Å²) in [7, 11) is 0. The molecule has 0 saturated carbocycles. The summed E-state index contributed by atoms with van der Waals surface area (Å²) in [6.45, 7) is 13.7. The van der Waals surface area contributed by atoms with Gasteiger partial charge < -0.3 is 10.0 Å². The Morgan fingerprint density at radius 2 is 1.81 bits per heavy atom. The van der Waals surface area contributed by atoms with Gasteiger partial charge in [-0.2, -0.15) is 0 Å². The Balaban J connectivity index is 4.51. The fraction of sp³-hybridized carbons (Fsp3) is 0.722. The molecule has 0 fully saturated rings. The van der Waals surface area contributed by atoms with Crippen molar-refractivity contribution in [3.63, 3.8) is 0 Å². The second-order valence-corrected chi connectivity index (χ2v) is 6.01. The first kappa shape index (κ1) is 19.9. The minimum atomic E-state index is -0.701. The number of hydrogen-bond donors (Lipinski definition) is 1. The van der Waals surface area contributed by atoms with Crippen molar-refractivity contribution in [1.29, 1.82) is 0 Å². The molecule has 21 heavy (non-hydrogen) atoms. The third-order valence-corrected chi connectivity index (χ3v) is 3.76. The Bertz CT molecular complexity index is 350. The van der Waals surface area contributed by atoms with Crippen molar-refractivity contribution in [2.75, 3.05) is 19.6 Å². The molecule has 0 aliphatic heterocycles. The fourth-order valence-corrected chi connectivity index (χ4v) is 2.43. The van der Waals surface area contributed by atoms with Crippen molar-refractivity contribution in [1.82, 2.24) is 4.90 Å². The van der Waals surface area contributed by atoms with Crippen molar-refractivity contribution in [2.45, 2.75) is 60.3 Å². The molecule has 0 aliphatic rings. The number of rotatable bonds is 11. The molecular formula is C18H33NO2. The van der Waals surface area contributed by atoms with Crippen molar-refractivity contribution in [3.05, 3.63) is 23.3 Å². The van der Waals surface area contributed by atoms with Gasteiger partial charge in [0.2, 0.25) is 0 Å². The predicted molar refractivity (Wildman–Crippen MR) is 90.6 cm³/mol. The lowest BCUT2D eigenvalue weighted by atomic mass is 9.96. The van der Waals surface area contributed by atoms with Gasteiger partial charge in [0.15, 0.2) is 0 Å². The Morgan fingerprint density at radius 3 is 2.29 bits per heavy atom. The standard InChI is InChI=1S/C18H33NO2/c1-6-19(7-2)12-11-17(14-18(20)21)13-16(5)10-8-9-15(3)4/h9,13,17H,6-8,10-12,14H2,1-5H3,(H,20,21)/b16-13+. The average molecular weight is 295 g/mol. The van der Waals surface area contributed by atoms with Crippen LogP contribution >= 0.6 is 0 Å². The Morgan fingerprint density at radius 1 is 1.19 bits per heavy atom. The summed E-state index contributed by atoms with van der Waals surface area (Å²) >= 11 is 0. The third-order valence-electron chi connectivity index (χ3n) is 3.76. The Kier molecular flexibility index (Phi) is 11.0. The second-order valence-electron chi connectivity index (χ2n) is 6.01. The van der Waals surface area contributed by atoms with E-state index < -0.39 is 5.97 Å². The number of aliphatic carboxylic acids is 1. The van der Waals surface area contributed by atoms with E-state index in [1.54, 1.807) is 0 Å². The average Bonchev–Trinajstić information content (AvgIpc) is 2.38. The first-order valence-corrected chi connectivity index (χ1v) is 8.13. The summed E-state index contributed by atoms with van der Waals surface area (Å²) in [4.78, 5) is 13.4. The van der Waals surface area contributed by atoms with Crippen LogP contribution in [-0.4, -0.2) is 35.6 Å². The predicted octanol–water partition coefficient (Wildman–Crippen LogP) is 4.50. The van der Waals surface area contributed by atoms with Crippen molar-refractivity contribution >= 4 is 5.97 Å². The highest BCUT2D eigenvalue weighted by Gasteiger charge is 2.12. The van der Waals surface area contributed by atoms with Gasteiger partial charge in [0.1, 0.15) is 0 Å². The summed E-state index contributed by atoms with van der Waals surface area (Å²) in [5.41, 5.74) is 2.64. The summed E-state index contributed by atoms with van der Waals surface area (Å²) in [5, 5.41) is 9.07. The molecule has 1 unspecified atom stereocenters. The zero-order chi connectivity index (χ0) is 16.3. The molecule has 0 saturated heterocycles. The zero-order valence-electron chi connectivity index (χ0n) is 14.5. The molecule has 1 atom stereocenters. The van der Waals surface area contributed by atoms with Gasteiger partial charge >= 0.3 is 5.97 Å². The highest BCUT2D eigenvalue weighted by Crippen LogP contribution is 2.17. The van der Waals surface area contributed by atoms with E-state index in [1.165, 1.54) is 11.1 Å². The Labute approximate surface area is 130 Å². The maximum absolute atomic E-state index is 11.0. The second kappa shape index (κ2) is 11.6. The van der Waals surface area contributed by atoms with Crippen molar-refractivity contribution in [2.24, 2.45) is 5.92 Å². The number of carboxylic acid groups (broad SMARTS) is 1. The summed E-state index contributed by atoms with van der Waals surface area (Å²) < 4.78 is 0. The molecule has 0 aromatic rings. The molecule has 3 heteroatoms. The quantitative estimate of drug-likeness (QED) is 0.570. The topological polar surface area (TPSA) is 40.5 Å². The normalized spacial score (nSPS) is 13.3. The van der Waals surface area contributed by atoms with Crippen LogP contribution in [0.1, 0.15) is 60.3 Å². The van der Waals surface area contributed by atoms with Crippen LogP contribution < -0.4 is 0 Å². The number of hydrogen-bond acceptors (Lipinski definition) is 2. The molecule has 0 amide bonds. The first-order chi connectivity index (χ1) is 9.88. The third kappa shape index (κ3) is 11.3. The molecule has 3 nitrogen and oxygen atoms in total. The van der Waals surface area contributed by atoms with Gasteiger partial charge in [0.05, 0.1) is 6.42 Å². The SMILES string of the molecule is CCN(CC)CCC(/C=C(\C)CCC=C(C)C)CC(=O)O. The molecule has 0 rings (SSSR count). The van der Waals surface area contributed by atoms with Crippen LogP contribution in [0.15, 0.2) is 23.3 Å². The van der Waals surface area contributed by atoms with Crippen LogP contribution in [0.5, 0.6) is 0 Å². The van der Waals surface area contributed by atoms with Gasteiger partial charge in [-0.1, -0.05) is 37.1 Å². The maximum Gasteiger partial charge on any atom is 0.303 e. The van der Waals surface area contributed by atoms with Gasteiger partial charge in [-0.15, -0.1) is 0 Å². The monoisotopic (exact) mass is 295 g/mol. The number of allylic oxidation sites excluding steroid dienone is 4. The van der Waals surface area contributed by atoms with E-state index in [4.69, 9.17) is 5.11 Å². The molecule has 0 heterocycles. The maximum atomic E-state index is 11.0. The number of carbonyl (C=O) groups is 1. The van der Waals surface area contributed by atoms with Crippen LogP contribution in [0.25, 0.3) is 0 Å². The van der Waals surface area contributed by atoms with E-state index in [-0.39, 0.29) is 12.3 Å². The van der Waals surface area contributed by atoms with Crippen LogP contribution in [0, 0.1) is 5.92 Å². The molecular weight excluding hydrogens is 262 g/mol. The minimum absolute atomic E-state index is 0.148. The first-order valence-electron chi connectivity index (χ1n) is 8.13. The van der Waals surface area contributed by atoms with E-state index in [0.717, 1.165) is 38.9 Å². The molecule has 0 bridgehead atoms. The summed E-state index contributed by atoms with van der Waals surface area (Å²) in [6, 6.07) is 0. The highest BCUT2D eigenvalue weighted by molar-refractivity contribution is 5.67. The van der Waals surface area contributed by atoms with Crippen molar-refractivity contribution < 1.29 is 9.90 Å². The molecule has 0 aliphatic carbocycles. The van der Waals surface area contributed by atoms with Gasteiger partial charge in [-0.3, -0.25) is 4.79 Å². The molecule has 1 N–H and O–H groups in total. The van der Waals surface area contributed by atoms with Crippen LogP contribution in [0.2, 0.25) is 0 Å². The van der Waals surface area contributed by atoms with Crippen LogP contribution in [-0.2, 0) is 4.79 Å². The lowest BCUT2D eigenvalue weighted by Crippen LogP contribution is -2.26. The van der Waals surface area contributed by atoms with E-state index in [0.29, 0.717) is 0 Å². The zero-order valence-corrected chi connectivity index (χ0v) is 14.5. The molecule has 122 valence electrons. The van der Waals surface area contributed by atoms with Gasteiger partial charge in [-0.25, -0.2) is 0 Å². The van der Waals surface area contributed by atoms with E-state index in [2.05, 4.69) is 51.7 Å². The van der Waals surface area contributed by atoms with E-state index in [9.17, 15) is 4.79 Å². The summed E-state index contributed by atoms with van der Waals surface area (Å²) in [6.07, 6.45) is 7.64. The number of carboxylic acids is 1. The van der Waals surface area contributed by atoms with E-state index >= 15 is 0 Å². The molecule has 0 radical (unpaired) electrons. The largest absolute Gasteiger partial charge is 0.481 e. The highest BCUT2D eigenvalue weighted by atomic mass is 16.4. The van der Waals surface area contributed by atoms with Gasteiger partial charge in [-0.05, 0) is 65.6 Å². The minimum Gasteiger partial charge on any atom is -0.481 e. The van der Waals surface area contributed by atoms with Crippen LogP contribution in [0.4, 0.5) is 0 Å². The number of nitrogens with zero attached hydrogens (tertiary/aromatic N) is 1. The van der Waals surface area contributed by atoms with E-state index in [1.807, 2.05) is 0 Å². The van der Waals surface area contributed by atoms with Gasteiger partial charge in [0, 0.05) is 0 Å². The van der Waals surface area contributed by atoms with Gasteiger partial charge in [0.25, 0.3) is 0 Å². The van der Waals surface area contributed by atoms with Crippen LogP contribution in [0.3, 0.4) is 0 Å². The lowest BCUT2D eigenvalue weighted by Gasteiger charge is -2.20.